The highest BCUT2D eigenvalue weighted by atomic mass is 19.1. The van der Waals surface area contributed by atoms with Crippen molar-refractivity contribution < 1.29 is 18.7 Å². The van der Waals surface area contributed by atoms with Gasteiger partial charge in [-0.25, -0.2) is 4.39 Å². The van der Waals surface area contributed by atoms with Crippen LogP contribution in [0.3, 0.4) is 0 Å². The molecule has 0 radical (unpaired) electrons. The van der Waals surface area contributed by atoms with Gasteiger partial charge >= 0.3 is 5.97 Å². The molecule has 166 valence electrons. The molecule has 2 aliphatic rings. The van der Waals surface area contributed by atoms with Crippen LogP contribution in [0.1, 0.15) is 71.4 Å². The lowest BCUT2D eigenvalue weighted by molar-refractivity contribution is -0.161. The third kappa shape index (κ3) is 5.42. The minimum atomic E-state index is -0.534. The summed E-state index contributed by atoms with van der Waals surface area (Å²) in [4.78, 5) is 14.9. The second-order valence-corrected chi connectivity index (χ2v) is 10.4. The monoisotopic (exact) mass is 417 g/mol. The third-order valence-electron chi connectivity index (χ3n) is 6.28. The van der Waals surface area contributed by atoms with Gasteiger partial charge in [0, 0.05) is 19.1 Å². The molecular weight excluding hydrogens is 381 g/mol. The number of rotatable bonds is 8. The average Bonchev–Trinajstić information content (AvgIpc) is 2.55. The maximum atomic E-state index is 14.4. The maximum Gasteiger partial charge on any atom is 0.308 e. The quantitative estimate of drug-likeness (QED) is 0.403. The first kappa shape index (κ1) is 22.8. The second-order valence-electron chi connectivity index (χ2n) is 10.4. The SMILES string of the molecule is C=C(C)CCC1CC2(C1)CN(C(CC(=O)OC(C)(C)C)c1ccc(OC)c(F)c1)C2. The van der Waals surface area contributed by atoms with Crippen LogP contribution in [0, 0.1) is 17.2 Å². The zero-order valence-corrected chi connectivity index (χ0v) is 19.1. The molecule has 1 unspecified atom stereocenters. The molecule has 1 aliphatic heterocycles. The summed E-state index contributed by atoms with van der Waals surface area (Å²) >= 11 is 0. The number of esters is 1. The molecule has 1 atom stereocenters. The number of carbonyl (C=O) groups excluding carboxylic acids is 1. The Morgan fingerprint density at radius 3 is 2.53 bits per heavy atom. The minimum absolute atomic E-state index is 0.180. The summed E-state index contributed by atoms with van der Waals surface area (Å²) in [6.45, 7) is 13.6. The molecule has 4 nitrogen and oxygen atoms in total. The van der Waals surface area contributed by atoms with Gasteiger partial charge in [0.25, 0.3) is 0 Å². The van der Waals surface area contributed by atoms with Gasteiger partial charge in [0.2, 0.25) is 0 Å². The summed E-state index contributed by atoms with van der Waals surface area (Å²) in [5.74, 6) is 0.348. The van der Waals surface area contributed by atoms with Crippen LogP contribution in [0.15, 0.2) is 30.4 Å². The number of ether oxygens (including phenoxy) is 2. The lowest BCUT2D eigenvalue weighted by Crippen LogP contribution is -2.63. The van der Waals surface area contributed by atoms with Crippen molar-refractivity contribution in [2.24, 2.45) is 11.3 Å². The van der Waals surface area contributed by atoms with Crippen molar-refractivity contribution >= 4 is 5.97 Å². The molecule has 3 rings (SSSR count). The molecule has 1 aromatic rings. The van der Waals surface area contributed by atoms with Gasteiger partial charge in [-0.1, -0.05) is 11.6 Å². The normalized spacial score (nSPS) is 19.7. The predicted octanol–water partition coefficient (Wildman–Crippen LogP) is 5.68. The fraction of sp³-hybridized carbons (Fsp3) is 0.640. The molecule has 0 bridgehead atoms. The number of carbonyl (C=O) groups is 1. The van der Waals surface area contributed by atoms with Crippen LogP contribution >= 0.6 is 0 Å². The van der Waals surface area contributed by atoms with Crippen molar-refractivity contribution in [1.82, 2.24) is 4.90 Å². The van der Waals surface area contributed by atoms with Crippen LogP contribution in [-0.2, 0) is 9.53 Å². The summed E-state index contributed by atoms with van der Waals surface area (Å²) in [5.41, 5.74) is 1.89. The van der Waals surface area contributed by atoms with Crippen molar-refractivity contribution in [3.05, 3.63) is 41.7 Å². The van der Waals surface area contributed by atoms with Crippen LogP contribution in [0.5, 0.6) is 5.75 Å². The van der Waals surface area contributed by atoms with Gasteiger partial charge in [-0.3, -0.25) is 9.69 Å². The highest BCUT2D eigenvalue weighted by Crippen LogP contribution is 2.55. The number of halogens is 1. The van der Waals surface area contributed by atoms with Crippen molar-refractivity contribution in [2.45, 2.75) is 71.4 Å². The van der Waals surface area contributed by atoms with Gasteiger partial charge in [0.1, 0.15) is 5.60 Å². The average molecular weight is 418 g/mol. The first-order valence-electron chi connectivity index (χ1n) is 10.9. The second kappa shape index (κ2) is 8.70. The van der Waals surface area contributed by atoms with Crippen molar-refractivity contribution in [2.75, 3.05) is 20.2 Å². The Labute approximate surface area is 180 Å². The summed E-state index contributed by atoms with van der Waals surface area (Å²) < 4.78 is 25.0. The predicted molar refractivity (Wildman–Crippen MR) is 117 cm³/mol. The Bertz CT molecular complexity index is 784. The Kier molecular flexibility index (Phi) is 6.61. The number of likely N-dealkylation sites (tertiary alicyclic amines) is 1. The number of nitrogens with zero attached hydrogens (tertiary/aromatic N) is 1. The van der Waals surface area contributed by atoms with Crippen molar-refractivity contribution in [3.8, 4) is 5.75 Å². The highest BCUT2D eigenvalue weighted by Gasteiger charge is 2.53. The number of methoxy groups -OCH3 is 1. The molecule has 0 aromatic heterocycles. The molecule has 1 aromatic carbocycles. The molecule has 2 fully saturated rings. The van der Waals surface area contributed by atoms with Gasteiger partial charge < -0.3 is 9.47 Å². The van der Waals surface area contributed by atoms with Crippen LogP contribution in [-0.4, -0.2) is 36.7 Å². The van der Waals surface area contributed by atoms with Crippen molar-refractivity contribution in [3.63, 3.8) is 0 Å². The van der Waals surface area contributed by atoms with Crippen molar-refractivity contribution in [1.29, 1.82) is 0 Å². The first-order chi connectivity index (χ1) is 14.0. The van der Waals surface area contributed by atoms with E-state index in [4.69, 9.17) is 9.47 Å². The summed E-state index contributed by atoms with van der Waals surface area (Å²) in [5, 5.41) is 0. The van der Waals surface area contributed by atoms with E-state index in [0.29, 0.717) is 5.41 Å². The van der Waals surface area contributed by atoms with Gasteiger partial charge in [-0.15, -0.1) is 6.58 Å². The smallest absolute Gasteiger partial charge is 0.308 e. The maximum absolute atomic E-state index is 14.4. The van der Waals surface area contributed by atoms with E-state index in [0.717, 1.165) is 31.0 Å². The Morgan fingerprint density at radius 2 is 2.00 bits per heavy atom. The molecule has 1 saturated heterocycles. The summed E-state index contributed by atoms with van der Waals surface area (Å²) in [7, 11) is 1.45. The standard InChI is InChI=1S/C25H36FNO3/c1-17(2)7-8-18-13-25(14-18)15-27(16-25)21(12-23(28)30-24(3,4)5)19-9-10-22(29-6)20(26)11-19/h9-11,18,21H,1,7-8,12-16H2,2-6H3. The molecule has 30 heavy (non-hydrogen) atoms. The van der Waals surface area contributed by atoms with Gasteiger partial charge in [-0.05, 0) is 82.4 Å². The third-order valence-corrected chi connectivity index (χ3v) is 6.28. The van der Waals surface area contributed by atoms with E-state index in [1.54, 1.807) is 6.07 Å². The van der Waals surface area contributed by atoms with E-state index in [-0.39, 0.29) is 24.2 Å². The lowest BCUT2D eigenvalue weighted by atomic mass is 9.56. The molecule has 1 spiro atoms. The number of benzene rings is 1. The topological polar surface area (TPSA) is 38.8 Å². The fourth-order valence-corrected chi connectivity index (χ4v) is 5.00. The largest absolute Gasteiger partial charge is 0.494 e. The molecule has 0 amide bonds. The highest BCUT2D eigenvalue weighted by molar-refractivity contribution is 5.71. The molecule has 1 heterocycles. The van der Waals surface area contributed by atoms with E-state index in [2.05, 4.69) is 18.4 Å². The molecular formula is C25H36FNO3. The van der Waals surface area contributed by atoms with E-state index < -0.39 is 11.4 Å². The Balaban J connectivity index is 1.66. The zero-order chi connectivity index (χ0) is 22.1. The van der Waals surface area contributed by atoms with Crippen LogP contribution in [0.2, 0.25) is 0 Å². The zero-order valence-electron chi connectivity index (χ0n) is 19.1. The lowest BCUT2D eigenvalue weighted by Gasteiger charge is -2.61. The molecule has 0 N–H and O–H groups in total. The molecule has 5 heteroatoms. The van der Waals surface area contributed by atoms with Crippen LogP contribution < -0.4 is 4.74 Å². The Morgan fingerprint density at radius 1 is 1.33 bits per heavy atom. The molecule has 1 aliphatic carbocycles. The number of hydrogen-bond donors (Lipinski definition) is 0. The number of hydrogen-bond acceptors (Lipinski definition) is 4. The van der Waals surface area contributed by atoms with E-state index in [9.17, 15) is 9.18 Å². The van der Waals surface area contributed by atoms with E-state index >= 15 is 0 Å². The number of allylic oxidation sites excluding steroid dienone is 1. The van der Waals surface area contributed by atoms with E-state index in [1.807, 2.05) is 26.8 Å². The summed E-state index contributed by atoms with van der Waals surface area (Å²) in [6.07, 6.45) is 5.04. The van der Waals surface area contributed by atoms with Gasteiger partial charge in [0.15, 0.2) is 11.6 Å². The fourth-order valence-electron chi connectivity index (χ4n) is 5.00. The van der Waals surface area contributed by atoms with Crippen LogP contribution in [0.25, 0.3) is 0 Å². The Hall–Kier alpha value is -1.88. The summed E-state index contributed by atoms with van der Waals surface area (Å²) in [6, 6.07) is 4.81. The van der Waals surface area contributed by atoms with Gasteiger partial charge in [-0.2, -0.15) is 0 Å². The van der Waals surface area contributed by atoms with Gasteiger partial charge in [0.05, 0.1) is 13.5 Å². The van der Waals surface area contributed by atoms with Crippen LogP contribution in [0.4, 0.5) is 4.39 Å². The first-order valence-corrected chi connectivity index (χ1v) is 10.9. The minimum Gasteiger partial charge on any atom is -0.494 e. The van der Waals surface area contributed by atoms with E-state index in [1.165, 1.54) is 38.0 Å². The molecule has 1 saturated carbocycles.